The molecular weight excluding hydrogens is 413 g/mol. The van der Waals surface area contributed by atoms with Gasteiger partial charge in [0.2, 0.25) is 0 Å². The van der Waals surface area contributed by atoms with Crippen LogP contribution in [0, 0.1) is 12.8 Å². The molecule has 1 aliphatic heterocycles. The van der Waals surface area contributed by atoms with Crippen molar-refractivity contribution in [2.45, 2.75) is 40.2 Å². The van der Waals surface area contributed by atoms with Crippen molar-refractivity contribution in [3.8, 4) is 0 Å². The van der Waals surface area contributed by atoms with Crippen LogP contribution in [-0.4, -0.2) is 39.9 Å². The number of guanidine groups is 1. The van der Waals surface area contributed by atoms with E-state index in [4.69, 9.17) is 4.99 Å². The molecule has 3 heterocycles. The predicted octanol–water partition coefficient (Wildman–Crippen LogP) is 3.46. The van der Waals surface area contributed by atoms with Gasteiger partial charge >= 0.3 is 0 Å². The number of nitrogens with zero attached hydrogens (tertiary/aromatic N) is 4. The topological polar surface area (TPSA) is 44.9 Å². The molecule has 0 saturated carbocycles. The Bertz CT molecular complexity index is 686. The van der Waals surface area contributed by atoms with E-state index in [1.54, 1.807) is 0 Å². The number of imidazole rings is 1. The van der Waals surface area contributed by atoms with Gasteiger partial charge in [-0.25, -0.2) is 9.98 Å². The Balaban J connectivity index is 0.00000208. The van der Waals surface area contributed by atoms with Crippen molar-refractivity contribution in [2.75, 3.05) is 19.6 Å². The lowest BCUT2D eigenvalue weighted by Crippen LogP contribution is -2.45. The van der Waals surface area contributed by atoms with Crippen molar-refractivity contribution >= 4 is 35.6 Å². The maximum Gasteiger partial charge on any atom is 0.194 e. The van der Waals surface area contributed by atoms with E-state index in [-0.39, 0.29) is 24.0 Å². The van der Waals surface area contributed by atoms with E-state index in [1.165, 1.54) is 18.5 Å². The maximum absolute atomic E-state index is 4.81. The van der Waals surface area contributed by atoms with Gasteiger partial charge in [0.25, 0.3) is 0 Å². The number of hydrogen-bond acceptors (Lipinski definition) is 2. The highest BCUT2D eigenvalue weighted by Crippen LogP contribution is 2.16. The number of fused-ring (bicyclic) bond motifs is 1. The van der Waals surface area contributed by atoms with Crippen molar-refractivity contribution in [3.63, 3.8) is 0 Å². The second kappa shape index (κ2) is 8.69. The molecule has 0 amide bonds. The molecule has 0 aliphatic carbocycles. The lowest BCUT2D eigenvalue weighted by molar-refractivity contribution is 0.273. The van der Waals surface area contributed by atoms with E-state index in [0.29, 0.717) is 6.54 Å². The van der Waals surface area contributed by atoms with Crippen LogP contribution in [-0.2, 0) is 6.54 Å². The molecule has 0 radical (unpaired) electrons. The number of hydrogen-bond donors (Lipinski definition) is 1. The molecule has 0 atom stereocenters. The summed E-state index contributed by atoms with van der Waals surface area (Å²) in [5.41, 5.74) is 3.20. The van der Waals surface area contributed by atoms with Crippen LogP contribution >= 0.6 is 24.0 Å². The highest BCUT2D eigenvalue weighted by Gasteiger charge is 2.18. The summed E-state index contributed by atoms with van der Waals surface area (Å²) in [4.78, 5) is 11.9. The van der Waals surface area contributed by atoms with Crippen LogP contribution < -0.4 is 5.32 Å². The number of aliphatic imine (C=N–C) groups is 1. The van der Waals surface area contributed by atoms with Crippen molar-refractivity contribution in [3.05, 3.63) is 35.8 Å². The van der Waals surface area contributed by atoms with Gasteiger partial charge in [0.1, 0.15) is 5.65 Å². The summed E-state index contributed by atoms with van der Waals surface area (Å²) >= 11 is 0. The van der Waals surface area contributed by atoms with Crippen LogP contribution in [0.25, 0.3) is 5.65 Å². The zero-order valence-corrected chi connectivity index (χ0v) is 17.2. The first-order valence-corrected chi connectivity index (χ1v) is 8.64. The Morgan fingerprint density at radius 2 is 2.08 bits per heavy atom. The number of nitrogens with one attached hydrogen (secondary N) is 1. The summed E-state index contributed by atoms with van der Waals surface area (Å²) in [6, 6.07) is 6.18. The fraction of sp³-hybridized carbons (Fsp3) is 0.556. The van der Waals surface area contributed by atoms with Crippen LogP contribution in [0.1, 0.15) is 38.1 Å². The van der Waals surface area contributed by atoms with E-state index in [2.05, 4.69) is 52.6 Å². The molecule has 1 fully saturated rings. The molecule has 2 aromatic heterocycles. The standard InChI is InChI=1S/C18H27N5.HI/c1-4-19-18(22-10-8-14(2)9-11-22)20-12-16-13-23-15(3)6-5-7-17(23)21-16;/h5-7,13-14H,4,8-12H2,1-3H3,(H,19,20);1H. The first kappa shape index (κ1) is 19.0. The molecule has 0 spiro atoms. The molecule has 3 rings (SSSR count). The van der Waals surface area contributed by atoms with E-state index in [9.17, 15) is 0 Å². The third-order valence-electron chi connectivity index (χ3n) is 4.55. The summed E-state index contributed by atoms with van der Waals surface area (Å²) in [7, 11) is 0. The zero-order chi connectivity index (χ0) is 16.2. The minimum absolute atomic E-state index is 0. The first-order valence-electron chi connectivity index (χ1n) is 8.64. The number of likely N-dealkylation sites (tertiary alicyclic amines) is 1. The molecule has 1 saturated heterocycles. The minimum Gasteiger partial charge on any atom is -0.357 e. The van der Waals surface area contributed by atoms with Gasteiger partial charge in [0.15, 0.2) is 5.96 Å². The first-order chi connectivity index (χ1) is 11.2. The van der Waals surface area contributed by atoms with E-state index in [0.717, 1.165) is 42.9 Å². The average Bonchev–Trinajstić information content (AvgIpc) is 2.97. The number of rotatable bonds is 3. The molecule has 1 aliphatic rings. The fourth-order valence-electron chi connectivity index (χ4n) is 3.08. The number of halogens is 1. The van der Waals surface area contributed by atoms with Gasteiger partial charge in [0.05, 0.1) is 12.2 Å². The number of pyridine rings is 1. The van der Waals surface area contributed by atoms with Crippen LogP contribution in [0.2, 0.25) is 0 Å². The van der Waals surface area contributed by atoms with Crippen LogP contribution in [0.15, 0.2) is 29.4 Å². The Kier molecular flexibility index (Phi) is 6.89. The van der Waals surface area contributed by atoms with E-state index >= 15 is 0 Å². The van der Waals surface area contributed by atoms with Gasteiger partial charge in [-0.1, -0.05) is 13.0 Å². The Labute approximate surface area is 161 Å². The van der Waals surface area contributed by atoms with Crippen molar-refractivity contribution in [1.29, 1.82) is 0 Å². The largest absolute Gasteiger partial charge is 0.357 e. The third kappa shape index (κ3) is 4.40. The van der Waals surface area contributed by atoms with Gasteiger partial charge in [-0.2, -0.15) is 0 Å². The molecule has 5 nitrogen and oxygen atoms in total. The Hall–Kier alpha value is -1.31. The van der Waals surface area contributed by atoms with Gasteiger partial charge in [-0.15, -0.1) is 24.0 Å². The smallest absolute Gasteiger partial charge is 0.194 e. The highest BCUT2D eigenvalue weighted by molar-refractivity contribution is 14.0. The molecule has 1 N–H and O–H groups in total. The van der Waals surface area contributed by atoms with E-state index < -0.39 is 0 Å². The molecule has 0 aromatic carbocycles. The zero-order valence-electron chi connectivity index (χ0n) is 14.8. The Morgan fingerprint density at radius 1 is 1.33 bits per heavy atom. The monoisotopic (exact) mass is 441 g/mol. The summed E-state index contributed by atoms with van der Waals surface area (Å²) < 4.78 is 2.13. The van der Waals surface area contributed by atoms with Gasteiger partial charge in [0, 0.05) is 31.5 Å². The van der Waals surface area contributed by atoms with Crippen LogP contribution in [0.3, 0.4) is 0 Å². The maximum atomic E-state index is 4.81. The summed E-state index contributed by atoms with van der Waals surface area (Å²) in [5, 5.41) is 3.42. The average molecular weight is 441 g/mol. The van der Waals surface area contributed by atoms with Gasteiger partial charge in [-0.05, 0) is 44.7 Å². The number of piperidine rings is 1. The molecular formula is C18H28IN5. The second-order valence-corrected chi connectivity index (χ2v) is 6.47. The highest BCUT2D eigenvalue weighted by atomic mass is 127. The summed E-state index contributed by atoms with van der Waals surface area (Å²) in [6.45, 7) is 10.3. The molecule has 2 aromatic rings. The number of aryl methyl sites for hydroxylation is 1. The Morgan fingerprint density at radius 3 is 2.75 bits per heavy atom. The van der Waals surface area contributed by atoms with Gasteiger partial charge < -0.3 is 14.6 Å². The number of aromatic nitrogens is 2. The SMILES string of the molecule is CCNC(=NCc1cn2c(C)cccc2n1)N1CCC(C)CC1.I. The second-order valence-electron chi connectivity index (χ2n) is 6.47. The normalized spacial score (nSPS) is 16.3. The summed E-state index contributed by atoms with van der Waals surface area (Å²) in [6.07, 6.45) is 4.59. The van der Waals surface area contributed by atoms with Gasteiger partial charge in [-0.3, -0.25) is 0 Å². The molecule has 24 heavy (non-hydrogen) atoms. The van der Waals surface area contributed by atoms with Crippen molar-refractivity contribution in [1.82, 2.24) is 19.6 Å². The van der Waals surface area contributed by atoms with Crippen LogP contribution in [0.5, 0.6) is 0 Å². The molecule has 0 bridgehead atoms. The molecule has 0 unspecified atom stereocenters. The van der Waals surface area contributed by atoms with E-state index in [1.807, 2.05) is 12.1 Å². The lowest BCUT2D eigenvalue weighted by Gasteiger charge is -2.32. The summed E-state index contributed by atoms with van der Waals surface area (Å²) in [5.74, 6) is 1.85. The lowest BCUT2D eigenvalue weighted by atomic mass is 10.00. The van der Waals surface area contributed by atoms with Crippen molar-refractivity contribution < 1.29 is 0 Å². The molecule has 6 heteroatoms. The quantitative estimate of drug-likeness (QED) is 0.451. The van der Waals surface area contributed by atoms with Crippen LogP contribution in [0.4, 0.5) is 0 Å². The predicted molar refractivity (Wildman–Crippen MR) is 110 cm³/mol. The van der Waals surface area contributed by atoms with Crippen molar-refractivity contribution in [2.24, 2.45) is 10.9 Å². The minimum atomic E-state index is 0. The molecule has 132 valence electrons. The third-order valence-corrected chi connectivity index (χ3v) is 4.55. The fourth-order valence-corrected chi connectivity index (χ4v) is 3.08.